The minimum absolute atomic E-state index is 0.255. The minimum atomic E-state index is -0.314. The molecule has 0 radical (unpaired) electrons. The molecule has 1 aromatic rings. The number of nitrogens with zero attached hydrogens (tertiary/aromatic N) is 1. The summed E-state index contributed by atoms with van der Waals surface area (Å²) < 4.78 is 5.81. The zero-order valence-electron chi connectivity index (χ0n) is 10.1. The number of hydrogen-bond acceptors (Lipinski definition) is 3. The summed E-state index contributed by atoms with van der Waals surface area (Å²) in [5, 5.41) is 7.91. The van der Waals surface area contributed by atoms with Gasteiger partial charge in [0, 0.05) is 17.4 Å². The summed E-state index contributed by atoms with van der Waals surface area (Å²) in [6.07, 6.45) is 1.30. The molecule has 0 spiro atoms. The fourth-order valence-electron chi connectivity index (χ4n) is 2.13. The number of ether oxygens (including phenoxy) is 1. The molecule has 2 rings (SSSR count). The number of rotatable bonds is 3. The van der Waals surface area contributed by atoms with Crippen LogP contribution < -0.4 is 0 Å². The number of hydrogen-bond donors (Lipinski definition) is 1. The number of amidine groups is 1. The van der Waals surface area contributed by atoms with E-state index in [-0.39, 0.29) is 12.0 Å². The van der Waals surface area contributed by atoms with Gasteiger partial charge in [-0.25, -0.2) is 4.79 Å². The van der Waals surface area contributed by atoms with Crippen LogP contribution in [0.5, 0.6) is 0 Å². The third-order valence-electron chi connectivity index (χ3n) is 3.12. The van der Waals surface area contributed by atoms with E-state index in [2.05, 4.69) is 15.9 Å². The zero-order chi connectivity index (χ0) is 13.1. The Labute approximate surface area is 115 Å². The highest BCUT2D eigenvalue weighted by Gasteiger charge is 2.34. The number of methoxy groups -OCH3 is 1. The van der Waals surface area contributed by atoms with E-state index < -0.39 is 0 Å². The van der Waals surface area contributed by atoms with Crippen LogP contribution in [0, 0.1) is 5.41 Å². The monoisotopic (exact) mass is 310 g/mol. The van der Waals surface area contributed by atoms with Crippen LogP contribution in [-0.2, 0) is 16.1 Å². The summed E-state index contributed by atoms with van der Waals surface area (Å²) in [5.74, 6) is 0.252. The van der Waals surface area contributed by atoms with Gasteiger partial charge in [0.1, 0.15) is 6.04 Å². The molecule has 1 unspecified atom stereocenters. The van der Waals surface area contributed by atoms with Crippen molar-refractivity contribution in [3.63, 3.8) is 0 Å². The Hall–Kier alpha value is -1.36. The lowest BCUT2D eigenvalue weighted by molar-refractivity contribution is -0.145. The SMILES string of the molecule is COC(=O)C1CCC(=N)N1Cc1ccc(Br)cc1. The van der Waals surface area contributed by atoms with Crippen molar-refractivity contribution < 1.29 is 9.53 Å². The lowest BCUT2D eigenvalue weighted by atomic mass is 10.2. The summed E-state index contributed by atoms with van der Waals surface area (Å²) in [7, 11) is 1.39. The molecule has 0 aliphatic carbocycles. The number of esters is 1. The van der Waals surface area contributed by atoms with Gasteiger partial charge in [0.25, 0.3) is 0 Å². The molecule has 0 bridgehead atoms. The van der Waals surface area contributed by atoms with Crippen LogP contribution in [0.2, 0.25) is 0 Å². The highest BCUT2D eigenvalue weighted by Crippen LogP contribution is 2.23. The Bertz CT molecular complexity index is 459. The van der Waals surface area contributed by atoms with Gasteiger partial charge in [0.2, 0.25) is 0 Å². The first-order chi connectivity index (χ1) is 8.61. The van der Waals surface area contributed by atoms with E-state index >= 15 is 0 Å². The molecule has 4 nitrogen and oxygen atoms in total. The molecule has 96 valence electrons. The fraction of sp³-hybridized carbons (Fsp3) is 0.385. The molecule has 5 heteroatoms. The Morgan fingerprint density at radius 3 is 2.78 bits per heavy atom. The average Bonchev–Trinajstić information content (AvgIpc) is 2.73. The van der Waals surface area contributed by atoms with Crippen molar-refractivity contribution in [3.05, 3.63) is 34.3 Å². The van der Waals surface area contributed by atoms with E-state index in [0.29, 0.717) is 25.2 Å². The van der Waals surface area contributed by atoms with E-state index in [1.807, 2.05) is 29.2 Å². The van der Waals surface area contributed by atoms with Gasteiger partial charge < -0.3 is 9.64 Å². The van der Waals surface area contributed by atoms with Crippen molar-refractivity contribution in [3.8, 4) is 0 Å². The van der Waals surface area contributed by atoms with E-state index in [4.69, 9.17) is 10.1 Å². The molecule has 1 fully saturated rings. The van der Waals surface area contributed by atoms with Gasteiger partial charge in [0.15, 0.2) is 0 Å². The molecule has 1 atom stereocenters. The number of halogens is 1. The molecule has 1 aliphatic rings. The molecule has 0 saturated carbocycles. The van der Waals surface area contributed by atoms with Gasteiger partial charge in [0.05, 0.1) is 12.9 Å². The van der Waals surface area contributed by atoms with E-state index in [1.54, 1.807) is 0 Å². The molecule has 1 N–H and O–H groups in total. The molecule has 1 aliphatic heterocycles. The molecule has 0 aromatic heterocycles. The highest BCUT2D eigenvalue weighted by molar-refractivity contribution is 9.10. The minimum Gasteiger partial charge on any atom is -0.467 e. The second kappa shape index (κ2) is 5.52. The highest BCUT2D eigenvalue weighted by atomic mass is 79.9. The molecule has 1 heterocycles. The number of likely N-dealkylation sites (tertiary alicyclic amines) is 1. The third kappa shape index (κ3) is 2.72. The van der Waals surface area contributed by atoms with E-state index in [9.17, 15) is 4.79 Å². The third-order valence-corrected chi connectivity index (χ3v) is 3.65. The first-order valence-electron chi connectivity index (χ1n) is 5.78. The molecule has 1 saturated heterocycles. The predicted molar refractivity (Wildman–Crippen MR) is 72.4 cm³/mol. The van der Waals surface area contributed by atoms with Crippen molar-refractivity contribution in [2.24, 2.45) is 0 Å². The molecule has 18 heavy (non-hydrogen) atoms. The zero-order valence-corrected chi connectivity index (χ0v) is 11.7. The Morgan fingerprint density at radius 1 is 1.50 bits per heavy atom. The number of nitrogens with one attached hydrogen (secondary N) is 1. The lowest BCUT2D eigenvalue weighted by Crippen LogP contribution is -2.38. The second-order valence-corrected chi connectivity index (χ2v) is 5.19. The maximum absolute atomic E-state index is 11.6. The van der Waals surface area contributed by atoms with Crippen molar-refractivity contribution in [1.82, 2.24) is 4.90 Å². The van der Waals surface area contributed by atoms with Crippen LogP contribution in [0.1, 0.15) is 18.4 Å². The maximum Gasteiger partial charge on any atom is 0.328 e. The van der Waals surface area contributed by atoms with Gasteiger partial charge in [-0.1, -0.05) is 28.1 Å². The average molecular weight is 311 g/mol. The van der Waals surface area contributed by atoms with Gasteiger partial charge in [-0.2, -0.15) is 0 Å². The van der Waals surface area contributed by atoms with Crippen LogP contribution in [0.3, 0.4) is 0 Å². The quantitative estimate of drug-likeness (QED) is 0.873. The first kappa shape index (κ1) is 13.1. The fourth-order valence-corrected chi connectivity index (χ4v) is 2.40. The van der Waals surface area contributed by atoms with Crippen molar-refractivity contribution in [1.29, 1.82) is 5.41 Å². The topological polar surface area (TPSA) is 53.4 Å². The van der Waals surface area contributed by atoms with Crippen LogP contribution in [0.15, 0.2) is 28.7 Å². The van der Waals surface area contributed by atoms with Crippen LogP contribution in [0.25, 0.3) is 0 Å². The maximum atomic E-state index is 11.6. The molecule has 0 amide bonds. The standard InChI is InChI=1S/C13H15BrN2O2/c1-18-13(17)11-6-7-12(15)16(11)8-9-2-4-10(14)5-3-9/h2-5,11,15H,6-8H2,1H3. The van der Waals surface area contributed by atoms with Gasteiger partial charge in [-0.15, -0.1) is 0 Å². The molecular weight excluding hydrogens is 296 g/mol. The smallest absolute Gasteiger partial charge is 0.328 e. The molecular formula is C13H15BrN2O2. The van der Waals surface area contributed by atoms with E-state index in [1.165, 1.54) is 7.11 Å². The van der Waals surface area contributed by atoms with Gasteiger partial charge >= 0.3 is 5.97 Å². The Morgan fingerprint density at radius 2 is 2.17 bits per heavy atom. The number of carbonyl (C=O) groups excluding carboxylic acids is 1. The lowest BCUT2D eigenvalue weighted by Gasteiger charge is -2.24. The van der Waals surface area contributed by atoms with Gasteiger partial charge in [-0.3, -0.25) is 5.41 Å². The Balaban J connectivity index is 2.12. The van der Waals surface area contributed by atoms with Crippen molar-refractivity contribution >= 4 is 27.7 Å². The van der Waals surface area contributed by atoms with Crippen LogP contribution in [-0.4, -0.2) is 29.9 Å². The summed E-state index contributed by atoms with van der Waals surface area (Å²) >= 11 is 3.39. The number of benzene rings is 1. The van der Waals surface area contributed by atoms with Crippen LogP contribution in [0.4, 0.5) is 0 Å². The largest absolute Gasteiger partial charge is 0.467 e. The Kier molecular flexibility index (Phi) is 4.01. The van der Waals surface area contributed by atoms with Crippen molar-refractivity contribution in [2.75, 3.05) is 7.11 Å². The van der Waals surface area contributed by atoms with E-state index in [0.717, 1.165) is 10.0 Å². The first-order valence-corrected chi connectivity index (χ1v) is 6.57. The van der Waals surface area contributed by atoms with Crippen molar-refractivity contribution in [2.45, 2.75) is 25.4 Å². The van der Waals surface area contributed by atoms with Crippen LogP contribution >= 0.6 is 15.9 Å². The predicted octanol–water partition coefficient (Wildman–Crippen LogP) is 2.56. The summed E-state index contributed by atoms with van der Waals surface area (Å²) in [6.45, 7) is 0.575. The van der Waals surface area contributed by atoms with Gasteiger partial charge in [-0.05, 0) is 24.1 Å². The molecule has 1 aromatic carbocycles. The second-order valence-electron chi connectivity index (χ2n) is 4.28. The number of carbonyl (C=O) groups is 1. The summed E-state index contributed by atoms with van der Waals surface area (Å²) in [6, 6.07) is 7.59. The summed E-state index contributed by atoms with van der Waals surface area (Å²) in [5.41, 5.74) is 1.08. The summed E-state index contributed by atoms with van der Waals surface area (Å²) in [4.78, 5) is 13.5. The normalized spacial score (nSPS) is 19.1.